The highest BCUT2D eigenvalue weighted by Gasteiger charge is 2.27. The Kier molecular flexibility index (Phi) is 4.85. The van der Waals surface area contributed by atoms with E-state index in [-0.39, 0.29) is 17.9 Å². The van der Waals surface area contributed by atoms with Gasteiger partial charge in [-0.2, -0.15) is 5.10 Å². The van der Waals surface area contributed by atoms with Gasteiger partial charge in [0.2, 0.25) is 5.91 Å². The molecular formula is C16H21N5O2. The summed E-state index contributed by atoms with van der Waals surface area (Å²) < 4.78 is 7.63. The Morgan fingerprint density at radius 2 is 2.04 bits per heavy atom. The van der Waals surface area contributed by atoms with Gasteiger partial charge in [0.15, 0.2) is 0 Å². The Morgan fingerprint density at radius 1 is 1.30 bits per heavy atom. The van der Waals surface area contributed by atoms with E-state index < -0.39 is 0 Å². The van der Waals surface area contributed by atoms with Gasteiger partial charge in [-0.05, 0) is 12.1 Å². The molecule has 23 heavy (non-hydrogen) atoms. The Hall–Kier alpha value is -2.44. The summed E-state index contributed by atoms with van der Waals surface area (Å²) in [6.07, 6.45) is 8.43. The van der Waals surface area contributed by atoms with Crippen molar-refractivity contribution < 1.29 is 9.53 Å². The third kappa shape index (κ3) is 4.06. The first-order valence-corrected chi connectivity index (χ1v) is 7.90. The van der Waals surface area contributed by atoms with Crippen molar-refractivity contribution in [1.82, 2.24) is 24.6 Å². The lowest BCUT2D eigenvalue weighted by Crippen LogP contribution is -2.44. The number of rotatable bonds is 5. The van der Waals surface area contributed by atoms with Crippen molar-refractivity contribution in [3.05, 3.63) is 37.2 Å². The van der Waals surface area contributed by atoms with Gasteiger partial charge in [0.25, 0.3) is 0 Å². The van der Waals surface area contributed by atoms with E-state index in [1.54, 1.807) is 23.4 Å². The maximum atomic E-state index is 12.5. The second-order valence-corrected chi connectivity index (χ2v) is 5.84. The number of pyridine rings is 1. The van der Waals surface area contributed by atoms with Crippen molar-refractivity contribution in [2.75, 3.05) is 13.1 Å². The molecule has 3 rings (SSSR count). The molecule has 1 aliphatic rings. The van der Waals surface area contributed by atoms with Gasteiger partial charge in [-0.3, -0.25) is 14.5 Å². The van der Waals surface area contributed by atoms with Crippen molar-refractivity contribution in [3.8, 4) is 5.75 Å². The summed E-state index contributed by atoms with van der Waals surface area (Å²) in [4.78, 5) is 22.3. The molecule has 0 aromatic carbocycles. The molecule has 1 aliphatic heterocycles. The first kappa shape index (κ1) is 15.5. The number of carbonyl (C=O) groups excluding carboxylic acids is 1. The largest absolute Gasteiger partial charge is 0.490 e. The van der Waals surface area contributed by atoms with Crippen LogP contribution in [0.3, 0.4) is 0 Å². The van der Waals surface area contributed by atoms with Gasteiger partial charge < -0.3 is 9.64 Å². The van der Waals surface area contributed by atoms with Crippen LogP contribution >= 0.6 is 0 Å². The fraction of sp³-hybridized carbons (Fsp3) is 0.500. The predicted molar refractivity (Wildman–Crippen MR) is 83.7 cm³/mol. The van der Waals surface area contributed by atoms with Crippen LogP contribution in [0, 0.1) is 5.92 Å². The van der Waals surface area contributed by atoms with E-state index in [9.17, 15) is 4.79 Å². The summed E-state index contributed by atoms with van der Waals surface area (Å²) in [5, 5.41) is 4.05. The third-order valence-electron chi connectivity index (χ3n) is 4.06. The molecule has 7 nitrogen and oxygen atoms in total. The van der Waals surface area contributed by atoms with E-state index in [0.717, 1.165) is 31.7 Å². The number of hydrogen-bond donors (Lipinski definition) is 0. The second kappa shape index (κ2) is 7.21. The minimum atomic E-state index is -0.102. The molecule has 2 aromatic rings. The molecule has 0 unspecified atom stereocenters. The van der Waals surface area contributed by atoms with Crippen LogP contribution in [0.5, 0.6) is 5.75 Å². The summed E-state index contributed by atoms with van der Waals surface area (Å²) in [5.74, 6) is 0.904. The maximum absolute atomic E-state index is 12.5. The van der Waals surface area contributed by atoms with Crippen molar-refractivity contribution in [1.29, 1.82) is 0 Å². The zero-order valence-electron chi connectivity index (χ0n) is 13.2. The minimum Gasteiger partial charge on any atom is -0.490 e. The van der Waals surface area contributed by atoms with Gasteiger partial charge in [-0.25, -0.2) is 4.98 Å². The zero-order chi connectivity index (χ0) is 16.1. The van der Waals surface area contributed by atoms with Crippen LogP contribution in [0.2, 0.25) is 0 Å². The summed E-state index contributed by atoms with van der Waals surface area (Å²) in [7, 11) is 0. The molecule has 3 heterocycles. The Morgan fingerprint density at radius 3 is 2.70 bits per heavy atom. The summed E-state index contributed by atoms with van der Waals surface area (Å²) in [6, 6.07) is 3.72. The van der Waals surface area contributed by atoms with Gasteiger partial charge in [-0.1, -0.05) is 6.92 Å². The van der Waals surface area contributed by atoms with Crippen LogP contribution in [-0.2, 0) is 11.3 Å². The molecule has 1 fully saturated rings. The zero-order valence-corrected chi connectivity index (χ0v) is 13.2. The van der Waals surface area contributed by atoms with Gasteiger partial charge in [0, 0.05) is 38.3 Å². The fourth-order valence-electron chi connectivity index (χ4n) is 2.80. The Labute approximate surface area is 135 Å². The van der Waals surface area contributed by atoms with Crippen molar-refractivity contribution >= 4 is 5.91 Å². The van der Waals surface area contributed by atoms with E-state index in [2.05, 4.69) is 15.1 Å². The lowest BCUT2D eigenvalue weighted by molar-refractivity contribution is -0.137. The van der Waals surface area contributed by atoms with E-state index >= 15 is 0 Å². The van der Waals surface area contributed by atoms with Crippen molar-refractivity contribution in [2.45, 2.75) is 32.4 Å². The van der Waals surface area contributed by atoms with Gasteiger partial charge in [0.1, 0.15) is 24.5 Å². The number of carbonyl (C=O) groups is 1. The molecular weight excluding hydrogens is 294 g/mol. The number of hydrogen-bond acceptors (Lipinski definition) is 5. The van der Waals surface area contributed by atoms with E-state index in [1.807, 2.05) is 24.0 Å². The SMILES string of the molecule is C[C@@H](Cn1cncn1)C(=O)N1CCC(Oc2ccncc2)CC1. The molecule has 122 valence electrons. The monoisotopic (exact) mass is 315 g/mol. The van der Waals surface area contributed by atoms with Crippen LogP contribution in [0.4, 0.5) is 0 Å². The number of amides is 1. The highest BCUT2D eigenvalue weighted by molar-refractivity contribution is 5.78. The van der Waals surface area contributed by atoms with Gasteiger partial charge in [-0.15, -0.1) is 0 Å². The van der Waals surface area contributed by atoms with Crippen LogP contribution < -0.4 is 4.74 Å². The highest BCUT2D eigenvalue weighted by Crippen LogP contribution is 2.19. The first-order valence-electron chi connectivity index (χ1n) is 7.90. The molecule has 0 spiro atoms. The average Bonchev–Trinajstić information content (AvgIpc) is 3.09. The second-order valence-electron chi connectivity index (χ2n) is 5.84. The average molecular weight is 315 g/mol. The Bertz CT molecular complexity index is 609. The molecule has 1 amide bonds. The lowest BCUT2D eigenvalue weighted by Gasteiger charge is -2.33. The molecule has 1 atom stereocenters. The molecule has 1 saturated heterocycles. The molecule has 0 bridgehead atoms. The van der Waals surface area contributed by atoms with E-state index in [4.69, 9.17) is 4.74 Å². The van der Waals surface area contributed by atoms with E-state index in [1.165, 1.54) is 6.33 Å². The number of piperidine rings is 1. The van der Waals surface area contributed by atoms with Crippen molar-refractivity contribution in [2.24, 2.45) is 5.92 Å². The highest BCUT2D eigenvalue weighted by atomic mass is 16.5. The summed E-state index contributed by atoms with van der Waals surface area (Å²) in [6.45, 7) is 3.96. The minimum absolute atomic E-state index is 0.102. The standard InChI is InChI=1S/C16H21N5O2/c1-13(10-21-12-18-11-19-21)16(22)20-8-4-15(5-9-20)23-14-2-6-17-7-3-14/h2-3,6-7,11-13,15H,4-5,8-10H2,1H3/t13-/m0/s1. The van der Waals surface area contributed by atoms with Crippen LogP contribution in [-0.4, -0.2) is 49.7 Å². The molecule has 0 saturated carbocycles. The molecule has 7 heteroatoms. The van der Waals surface area contributed by atoms with Gasteiger partial charge in [0.05, 0.1) is 12.5 Å². The maximum Gasteiger partial charge on any atom is 0.227 e. The molecule has 0 radical (unpaired) electrons. The number of aromatic nitrogens is 4. The third-order valence-corrected chi connectivity index (χ3v) is 4.06. The quantitative estimate of drug-likeness (QED) is 0.833. The Balaban J connectivity index is 1.47. The van der Waals surface area contributed by atoms with Crippen LogP contribution in [0.25, 0.3) is 0 Å². The summed E-state index contributed by atoms with van der Waals surface area (Å²) in [5.41, 5.74) is 0. The number of likely N-dealkylation sites (tertiary alicyclic amines) is 1. The molecule has 0 aliphatic carbocycles. The predicted octanol–water partition coefficient (Wildman–Crippen LogP) is 1.38. The number of ether oxygens (including phenoxy) is 1. The summed E-state index contributed by atoms with van der Waals surface area (Å²) >= 11 is 0. The van der Waals surface area contributed by atoms with Gasteiger partial charge >= 0.3 is 0 Å². The fourth-order valence-corrected chi connectivity index (χ4v) is 2.80. The smallest absolute Gasteiger partial charge is 0.227 e. The van der Waals surface area contributed by atoms with Crippen LogP contribution in [0.15, 0.2) is 37.2 Å². The number of nitrogens with zero attached hydrogens (tertiary/aromatic N) is 5. The van der Waals surface area contributed by atoms with Crippen molar-refractivity contribution in [3.63, 3.8) is 0 Å². The molecule has 2 aromatic heterocycles. The normalized spacial score (nSPS) is 17.0. The first-order chi connectivity index (χ1) is 11.2. The van der Waals surface area contributed by atoms with Crippen LogP contribution in [0.1, 0.15) is 19.8 Å². The molecule has 0 N–H and O–H groups in total. The lowest BCUT2D eigenvalue weighted by atomic mass is 10.0. The topological polar surface area (TPSA) is 73.1 Å². The van der Waals surface area contributed by atoms with E-state index in [0.29, 0.717) is 6.54 Å².